The second-order valence-electron chi connectivity index (χ2n) is 5.77. The number of hydrogen-bond donors (Lipinski definition) is 2. The summed E-state index contributed by atoms with van der Waals surface area (Å²) in [6.45, 7) is 3.34. The predicted octanol–water partition coefficient (Wildman–Crippen LogP) is 0.321. The summed E-state index contributed by atoms with van der Waals surface area (Å²) in [7, 11) is -1.68. The van der Waals surface area contributed by atoms with Crippen LogP contribution in [0.5, 0.6) is 0 Å². The molecule has 6 nitrogen and oxygen atoms in total. The maximum Gasteiger partial charge on any atom is 0.279 e. The van der Waals surface area contributed by atoms with Crippen molar-refractivity contribution >= 4 is 10.2 Å². The van der Waals surface area contributed by atoms with Crippen molar-refractivity contribution in [1.82, 2.24) is 14.3 Å². The average Bonchev–Trinajstić information content (AvgIpc) is 3.26. The SMILES string of the molecule is COCCCNS(=O)(=O)N1CCC(CNC2CC2)CC1. The van der Waals surface area contributed by atoms with Crippen LogP contribution >= 0.6 is 0 Å². The summed E-state index contributed by atoms with van der Waals surface area (Å²) in [5.41, 5.74) is 0. The van der Waals surface area contributed by atoms with Gasteiger partial charge in [0.15, 0.2) is 0 Å². The molecule has 118 valence electrons. The maximum absolute atomic E-state index is 12.1. The van der Waals surface area contributed by atoms with Gasteiger partial charge in [0.05, 0.1) is 0 Å². The largest absolute Gasteiger partial charge is 0.385 e. The summed E-state index contributed by atoms with van der Waals surface area (Å²) < 4.78 is 33.3. The van der Waals surface area contributed by atoms with E-state index in [1.54, 1.807) is 11.4 Å². The van der Waals surface area contributed by atoms with Gasteiger partial charge in [0.1, 0.15) is 0 Å². The van der Waals surface area contributed by atoms with Crippen LogP contribution in [0.3, 0.4) is 0 Å². The van der Waals surface area contributed by atoms with Crippen molar-refractivity contribution < 1.29 is 13.2 Å². The zero-order valence-electron chi connectivity index (χ0n) is 12.3. The summed E-state index contributed by atoms with van der Waals surface area (Å²) in [5, 5.41) is 3.53. The molecule has 0 aromatic heterocycles. The van der Waals surface area contributed by atoms with E-state index in [0.717, 1.165) is 25.4 Å². The second kappa shape index (κ2) is 7.70. The van der Waals surface area contributed by atoms with Gasteiger partial charge in [0.2, 0.25) is 0 Å². The standard InChI is InChI=1S/C13H27N3O3S/c1-19-10-2-7-15-20(17,18)16-8-5-12(6-9-16)11-14-13-3-4-13/h12-15H,2-11H2,1H3. The van der Waals surface area contributed by atoms with Crippen LogP contribution in [0.25, 0.3) is 0 Å². The zero-order chi connectivity index (χ0) is 14.4. The van der Waals surface area contributed by atoms with E-state index in [0.29, 0.717) is 38.6 Å². The first kappa shape index (κ1) is 16.2. The first-order chi connectivity index (χ1) is 9.62. The number of piperidine rings is 1. The highest BCUT2D eigenvalue weighted by atomic mass is 32.2. The van der Waals surface area contributed by atoms with E-state index in [2.05, 4.69) is 10.0 Å². The lowest BCUT2D eigenvalue weighted by Gasteiger charge is -2.31. The number of methoxy groups -OCH3 is 1. The van der Waals surface area contributed by atoms with Crippen molar-refractivity contribution in [3.8, 4) is 0 Å². The van der Waals surface area contributed by atoms with Gasteiger partial charge in [-0.3, -0.25) is 0 Å². The molecule has 0 radical (unpaired) electrons. The fraction of sp³-hybridized carbons (Fsp3) is 1.00. The van der Waals surface area contributed by atoms with Crippen LogP contribution in [-0.4, -0.2) is 58.7 Å². The fourth-order valence-corrected chi connectivity index (χ4v) is 3.76. The molecule has 0 bridgehead atoms. The van der Waals surface area contributed by atoms with Gasteiger partial charge < -0.3 is 10.1 Å². The summed E-state index contributed by atoms with van der Waals surface area (Å²) >= 11 is 0. The van der Waals surface area contributed by atoms with Gasteiger partial charge in [0.25, 0.3) is 10.2 Å². The smallest absolute Gasteiger partial charge is 0.279 e. The van der Waals surface area contributed by atoms with E-state index in [1.165, 1.54) is 12.8 Å². The predicted molar refractivity (Wildman–Crippen MR) is 78.7 cm³/mol. The molecule has 2 fully saturated rings. The topological polar surface area (TPSA) is 70.7 Å². The van der Waals surface area contributed by atoms with E-state index < -0.39 is 10.2 Å². The highest BCUT2D eigenvalue weighted by Gasteiger charge is 2.28. The lowest BCUT2D eigenvalue weighted by atomic mass is 9.98. The summed E-state index contributed by atoms with van der Waals surface area (Å²) in [4.78, 5) is 0. The number of ether oxygens (including phenoxy) is 1. The number of nitrogens with one attached hydrogen (secondary N) is 2. The Hall–Kier alpha value is -0.210. The van der Waals surface area contributed by atoms with Crippen LogP contribution in [0.1, 0.15) is 32.1 Å². The monoisotopic (exact) mass is 305 g/mol. The highest BCUT2D eigenvalue weighted by molar-refractivity contribution is 7.87. The Morgan fingerprint density at radius 3 is 2.50 bits per heavy atom. The van der Waals surface area contributed by atoms with Crippen molar-refractivity contribution in [3.05, 3.63) is 0 Å². The summed E-state index contributed by atoms with van der Waals surface area (Å²) in [5.74, 6) is 0.621. The lowest BCUT2D eigenvalue weighted by molar-refractivity contribution is 0.195. The molecular weight excluding hydrogens is 278 g/mol. The molecule has 2 rings (SSSR count). The Bertz CT molecular complexity index is 376. The van der Waals surface area contributed by atoms with Crippen LogP contribution in [-0.2, 0) is 14.9 Å². The minimum Gasteiger partial charge on any atom is -0.385 e. The molecule has 0 amide bonds. The Morgan fingerprint density at radius 2 is 1.90 bits per heavy atom. The molecule has 0 aromatic carbocycles. The van der Waals surface area contributed by atoms with Crippen LogP contribution in [0.2, 0.25) is 0 Å². The number of rotatable bonds is 9. The molecule has 20 heavy (non-hydrogen) atoms. The van der Waals surface area contributed by atoms with Crippen LogP contribution in [0.4, 0.5) is 0 Å². The van der Waals surface area contributed by atoms with Gasteiger partial charge in [-0.25, -0.2) is 4.72 Å². The Kier molecular flexibility index (Phi) is 6.22. The maximum atomic E-state index is 12.1. The van der Waals surface area contributed by atoms with Gasteiger partial charge in [-0.15, -0.1) is 0 Å². The van der Waals surface area contributed by atoms with Gasteiger partial charge in [-0.1, -0.05) is 0 Å². The molecule has 2 aliphatic rings. The van der Waals surface area contributed by atoms with Crippen LogP contribution in [0.15, 0.2) is 0 Å². The molecule has 0 aromatic rings. The van der Waals surface area contributed by atoms with E-state index in [9.17, 15) is 8.42 Å². The van der Waals surface area contributed by atoms with E-state index in [1.807, 2.05) is 0 Å². The molecular formula is C13H27N3O3S. The number of nitrogens with zero attached hydrogens (tertiary/aromatic N) is 1. The van der Waals surface area contributed by atoms with Crippen molar-refractivity contribution in [1.29, 1.82) is 0 Å². The van der Waals surface area contributed by atoms with Crippen molar-refractivity contribution in [2.24, 2.45) is 5.92 Å². The van der Waals surface area contributed by atoms with Crippen molar-refractivity contribution in [3.63, 3.8) is 0 Å². The van der Waals surface area contributed by atoms with Gasteiger partial charge >= 0.3 is 0 Å². The van der Waals surface area contributed by atoms with E-state index in [4.69, 9.17) is 4.74 Å². The van der Waals surface area contributed by atoms with Gasteiger partial charge in [-0.2, -0.15) is 12.7 Å². The van der Waals surface area contributed by atoms with Gasteiger partial charge in [-0.05, 0) is 44.6 Å². The molecule has 2 N–H and O–H groups in total. The molecule has 1 aliphatic carbocycles. The Balaban J connectivity index is 1.65. The van der Waals surface area contributed by atoms with E-state index in [-0.39, 0.29) is 0 Å². The second-order valence-corrected chi connectivity index (χ2v) is 7.53. The molecule has 0 spiro atoms. The quantitative estimate of drug-likeness (QED) is 0.602. The molecule has 1 saturated heterocycles. The molecule has 0 unspecified atom stereocenters. The van der Waals surface area contributed by atoms with Crippen molar-refractivity contribution in [2.45, 2.75) is 38.1 Å². The number of hydrogen-bond acceptors (Lipinski definition) is 4. The highest BCUT2D eigenvalue weighted by Crippen LogP contribution is 2.22. The lowest BCUT2D eigenvalue weighted by Crippen LogP contribution is -2.46. The minimum atomic E-state index is -3.30. The molecule has 1 aliphatic heterocycles. The molecule has 0 atom stereocenters. The first-order valence-corrected chi connectivity index (χ1v) is 9.03. The fourth-order valence-electron chi connectivity index (χ4n) is 2.48. The van der Waals surface area contributed by atoms with E-state index >= 15 is 0 Å². The van der Waals surface area contributed by atoms with Crippen molar-refractivity contribution in [2.75, 3.05) is 39.9 Å². The summed E-state index contributed by atoms with van der Waals surface area (Å²) in [6, 6.07) is 0.735. The van der Waals surface area contributed by atoms with Crippen LogP contribution in [0, 0.1) is 5.92 Å². The first-order valence-electron chi connectivity index (χ1n) is 7.59. The third kappa shape index (κ3) is 5.29. The summed E-state index contributed by atoms with van der Waals surface area (Å²) in [6.07, 6.45) is 5.23. The van der Waals surface area contributed by atoms with Crippen LogP contribution < -0.4 is 10.0 Å². The third-order valence-electron chi connectivity index (χ3n) is 4.00. The zero-order valence-corrected chi connectivity index (χ0v) is 13.1. The minimum absolute atomic E-state index is 0.444. The molecule has 1 saturated carbocycles. The Labute approximate surface area is 122 Å². The molecule has 1 heterocycles. The Morgan fingerprint density at radius 1 is 1.20 bits per heavy atom. The normalized spacial score (nSPS) is 22.2. The van der Waals surface area contributed by atoms with Gasteiger partial charge in [0, 0.05) is 39.4 Å². The molecule has 7 heteroatoms. The third-order valence-corrected chi connectivity index (χ3v) is 5.61. The average molecular weight is 305 g/mol.